The highest BCUT2D eigenvalue weighted by Gasteiger charge is 2.29. The Morgan fingerprint density at radius 2 is 1.12 bits per heavy atom. The van der Waals surface area contributed by atoms with Gasteiger partial charge in [0.25, 0.3) is 0 Å². The van der Waals surface area contributed by atoms with Crippen LogP contribution >= 0.6 is 0 Å². The van der Waals surface area contributed by atoms with Crippen molar-refractivity contribution < 1.29 is 0 Å². The van der Waals surface area contributed by atoms with Gasteiger partial charge in [0.2, 0.25) is 0 Å². The first-order valence-electron chi connectivity index (χ1n) is 17.4. The number of fused-ring (bicyclic) bond motifs is 8. The Morgan fingerprint density at radius 3 is 1.75 bits per heavy atom. The quantitative estimate of drug-likeness (QED) is 0.185. The van der Waals surface area contributed by atoms with Crippen LogP contribution in [-0.2, 0) is 10.8 Å². The standard InChI is InChI=1S/C45H46N2Si/c1-44(2,3)29-21-24-38-35(26-29)36-27-30(45(4,5)6)22-25-39(36)47(38)40-19-13-17-33(43(40)48(7,8)9)32-16-12-18-34-41-31-15-11-10-14-28(31)20-23-37(41)46-42(32)34/h10-27,46H,1-9H3. The molecular formula is C45H46N2Si. The molecule has 1 N–H and O–H groups in total. The molecule has 0 atom stereocenters. The molecule has 0 spiro atoms. The first-order valence-corrected chi connectivity index (χ1v) is 20.9. The van der Waals surface area contributed by atoms with E-state index in [9.17, 15) is 0 Å². The van der Waals surface area contributed by atoms with Gasteiger partial charge >= 0.3 is 0 Å². The molecule has 0 unspecified atom stereocenters. The molecule has 0 saturated heterocycles. The van der Waals surface area contributed by atoms with Crippen LogP contribution in [0.2, 0.25) is 19.6 Å². The molecule has 0 saturated carbocycles. The summed E-state index contributed by atoms with van der Waals surface area (Å²) >= 11 is 0. The van der Waals surface area contributed by atoms with E-state index in [1.54, 1.807) is 0 Å². The largest absolute Gasteiger partial charge is 0.354 e. The summed E-state index contributed by atoms with van der Waals surface area (Å²) in [5.74, 6) is 0. The van der Waals surface area contributed by atoms with Gasteiger partial charge in [-0.2, -0.15) is 0 Å². The predicted octanol–water partition coefficient (Wildman–Crippen LogP) is 12.4. The van der Waals surface area contributed by atoms with Gasteiger partial charge in [0.05, 0.1) is 24.6 Å². The van der Waals surface area contributed by atoms with Gasteiger partial charge in [-0.3, -0.25) is 0 Å². The Labute approximate surface area is 285 Å². The van der Waals surface area contributed by atoms with Crippen molar-refractivity contribution in [3.8, 4) is 16.8 Å². The van der Waals surface area contributed by atoms with Crippen molar-refractivity contribution in [2.45, 2.75) is 72.0 Å². The number of hydrogen-bond donors (Lipinski definition) is 1. The van der Waals surface area contributed by atoms with Crippen LogP contribution in [0.15, 0.2) is 109 Å². The first-order chi connectivity index (χ1) is 22.7. The molecule has 8 aromatic rings. The molecule has 2 nitrogen and oxygen atoms in total. The van der Waals surface area contributed by atoms with Gasteiger partial charge in [0.15, 0.2) is 0 Å². The highest BCUT2D eigenvalue weighted by atomic mass is 28.3. The molecule has 0 aliphatic carbocycles. The van der Waals surface area contributed by atoms with E-state index in [0.717, 1.165) is 0 Å². The number of nitrogens with one attached hydrogen (secondary N) is 1. The Kier molecular flexibility index (Phi) is 6.68. The van der Waals surface area contributed by atoms with Gasteiger partial charge < -0.3 is 9.55 Å². The zero-order valence-corrected chi connectivity index (χ0v) is 30.8. The van der Waals surface area contributed by atoms with Gasteiger partial charge in [0, 0.05) is 38.3 Å². The van der Waals surface area contributed by atoms with E-state index < -0.39 is 8.07 Å². The number of aromatic amines is 1. The third kappa shape index (κ3) is 4.74. The Hall–Kier alpha value is -4.60. The van der Waals surface area contributed by atoms with Crippen LogP contribution in [0.1, 0.15) is 52.7 Å². The molecule has 8 rings (SSSR count). The molecule has 0 radical (unpaired) electrons. The predicted molar refractivity (Wildman–Crippen MR) is 213 cm³/mol. The summed E-state index contributed by atoms with van der Waals surface area (Å²) in [7, 11) is -1.92. The van der Waals surface area contributed by atoms with Gasteiger partial charge in [0.1, 0.15) is 0 Å². The lowest BCUT2D eigenvalue weighted by Crippen LogP contribution is -2.41. The second-order valence-electron chi connectivity index (χ2n) is 16.8. The fraction of sp³-hybridized carbons (Fsp3) is 0.244. The minimum atomic E-state index is -1.92. The third-order valence-electron chi connectivity index (χ3n) is 10.3. The molecule has 0 fully saturated rings. The van der Waals surface area contributed by atoms with Crippen molar-refractivity contribution in [1.29, 1.82) is 0 Å². The summed E-state index contributed by atoms with van der Waals surface area (Å²) in [5, 5.41) is 9.32. The molecule has 3 heteroatoms. The van der Waals surface area contributed by atoms with Crippen LogP contribution in [0, 0.1) is 0 Å². The SMILES string of the molecule is CC(C)(C)c1ccc2c(c1)c1cc(C(C)(C)C)ccc1n2-c1cccc(-c2cccc3c2[nH]c2ccc4ccccc4c23)c1[Si](C)(C)C. The summed E-state index contributed by atoms with van der Waals surface area (Å²) in [5.41, 5.74) is 11.7. The average Bonchev–Trinajstić information content (AvgIpc) is 3.58. The number of benzene rings is 6. The summed E-state index contributed by atoms with van der Waals surface area (Å²) in [6.07, 6.45) is 0. The van der Waals surface area contributed by atoms with Crippen molar-refractivity contribution in [2.24, 2.45) is 0 Å². The summed E-state index contributed by atoms with van der Waals surface area (Å²) in [6.45, 7) is 21.4. The summed E-state index contributed by atoms with van der Waals surface area (Å²) < 4.78 is 2.57. The van der Waals surface area contributed by atoms with Gasteiger partial charge in [-0.25, -0.2) is 0 Å². The molecule has 240 valence electrons. The van der Waals surface area contributed by atoms with Crippen molar-refractivity contribution in [3.05, 3.63) is 120 Å². The molecule has 48 heavy (non-hydrogen) atoms. The lowest BCUT2D eigenvalue weighted by atomic mass is 9.85. The monoisotopic (exact) mass is 642 g/mol. The highest BCUT2D eigenvalue weighted by molar-refractivity contribution is 6.90. The fourth-order valence-electron chi connectivity index (χ4n) is 7.88. The van der Waals surface area contributed by atoms with Gasteiger partial charge in [-0.1, -0.05) is 134 Å². The van der Waals surface area contributed by atoms with Gasteiger partial charge in [-0.15, -0.1) is 0 Å². The summed E-state index contributed by atoms with van der Waals surface area (Å²) in [4.78, 5) is 3.88. The molecule has 0 aliphatic heterocycles. The number of para-hydroxylation sites is 1. The van der Waals surface area contributed by atoms with Crippen molar-refractivity contribution >= 4 is 67.6 Å². The molecule has 2 aromatic heterocycles. The van der Waals surface area contributed by atoms with Crippen LogP contribution < -0.4 is 5.19 Å². The maximum Gasteiger partial charge on any atom is 0.0811 e. The minimum Gasteiger partial charge on any atom is -0.354 e. The van der Waals surface area contributed by atoms with E-state index in [0.29, 0.717) is 0 Å². The number of nitrogens with zero attached hydrogens (tertiary/aromatic N) is 1. The third-order valence-corrected chi connectivity index (χ3v) is 12.4. The molecule has 0 amide bonds. The lowest BCUT2D eigenvalue weighted by molar-refractivity contribution is 0.590. The van der Waals surface area contributed by atoms with Crippen LogP contribution in [0.5, 0.6) is 0 Å². The second-order valence-corrected chi connectivity index (χ2v) is 21.8. The fourth-order valence-corrected chi connectivity index (χ4v) is 9.86. The number of rotatable bonds is 3. The molecule has 0 bridgehead atoms. The van der Waals surface area contributed by atoms with Crippen molar-refractivity contribution in [3.63, 3.8) is 0 Å². The number of aromatic nitrogens is 2. The van der Waals surface area contributed by atoms with E-state index >= 15 is 0 Å². The molecule has 2 heterocycles. The second kappa shape index (κ2) is 10.4. The number of hydrogen-bond acceptors (Lipinski definition) is 0. The highest BCUT2D eigenvalue weighted by Crippen LogP contribution is 2.40. The maximum absolute atomic E-state index is 3.88. The molecule has 6 aromatic carbocycles. The molecule has 0 aliphatic rings. The van der Waals surface area contributed by atoms with E-state index in [2.05, 4.69) is 180 Å². The van der Waals surface area contributed by atoms with Crippen LogP contribution in [0.25, 0.3) is 71.2 Å². The van der Waals surface area contributed by atoms with Crippen LogP contribution in [0.3, 0.4) is 0 Å². The zero-order chi connectivity index (χ0) is 33.7. The van der Waals surface area contributed by atoms with Crippen LogP contribution in [0.4, 0.5) is 0 Å². The summed E-state index contributed by atoms with van der Waals surface area (Å²) in [6, 6.07) is 41.4. The minimum absolute atomic E-state index is 0.0667. The molecular weight excluding hydrogens is 597 g/mol. The Balaban J connectivity index is 1.46. The zero-order valence-electron chi connectivity index (χ0n) is 29.8. The van der Waals surface area contributed by atoms with E-state index in [1.807, 2.05) is 0 Å². The van der Waals surface area contributed by atoms with E-state index in [4.69, 9.17) is 0 Å². The topological polar surface area (TPSA) is 20.7 Å². The average molecular weight is 643 g/mol. The van der Waals surface area contributed by atoms with E-state index in [-0.39, 0.29) is 10.8 Å². The van der Waals surface area contributed by atoms with Gasteiger partial charge in [-0.05, 0) is 79.9 Å². The first kappa shape index (κ1) is 30.7. The van der Waals surface area contributed by atoms with Crippen molar-refractivity contribution in [1.82, 2.24) is 9.55 Å². The smallest absolute Gasteiger partial charge is 0.0811 e. The Morgan fingerprint density at radius 1 is 0.542 bits per heavy atom. The maximum atomic E-state index is 3.88. The van der Waals surface area contributed by atoms with Crippen molar-refractivity contribution in [2.75, 3.05) is 0 Å². The number of H-pyrrole nitrogens is 1. The van der Waals surface area contributed by atoms with Crippen LogP contribution in [-0.4, -0.2) is 17.6 Å². The normalized spacial score (nSPS) is 13.1. The lowest BCUT2D eigenvalue weighted by Gasteiger charge is -2.27. The van der Waals surface area contributed by atoms with E-state index in [1.165, 1.54) is 87.5 Å². The Bertz CT molecular complexity index is 2480.